The third kappa shape index (κ3) is 3.54. The second-order valence-corrected chi connectivity index (χ2v) is 5.80. The van der Waals surface area contributed by atoms with Crippen LogP contribution < -0.4 is 0 Å². The van der Waals surface area contributed by atoms with Gasteiger partial charge in [0.1, 0.15) is 0 Å². The summed E-state index contributed by atoms with van der Waals surface area (Å²) in [5.41, 5.74) is 1.92. The average molecular weight is 310 g/mol. The number of ether oxygens (including phenoxy) is 1. The second-order valence-electron chi connectivity index (χ2n) is 5.80. The number of likely N-dealkylation sites (tertiary alicyclic amines) is 1. The van der Waals surface area contributed by atoms with Gasteiger partial charge < -0.3 is 14.6 Å². The Morgan fingerprint density at radius 2 is 2.17 bits per heavy atom. The van der Waals surface area contributed by atoms with Crippen LogP contribution in [0.15, 0.2) is 61.4 Å². The first-order valence-electron chi connectivity index (χ1n) is 8.00. The smallest absolute Gasteiger partial charge is 0.255 e. The number of aromatic amines is 1. The van der Waals surface area contributed by atoms with Gasteiger partial charge in [-0.05, 0) is 24.5 Å². The van der Waals surface area contributed by atoms with Gasteiger partial charge in [-0.2, -0.15) is 0 Å². The Bertz CT molecular complexity index is 637. The molecule has 1 N–H and O–H groups in total. The number of aromatic nitrogens is 1. The maximum absolute atomic E-state index is 12.8. The predicted octanol–water partition coefficient (Wildman–Crippen LogP) is 3.04. The number of benzene rings is 1. The van der Waals surface area contributed by atoms with Crippen LogP contribution in [0, 0.1) is 0 Å². The summed E-state index contributed by atoms with van der Waals surface area (Å²) in [6.45, 7) is 4.96. The second kappa shape index (κ2) is 7.29. The van der Waals surface area contributed by atoms with E-state index in [2.05, 4.69) is 23.7 Å². The molecule has 2 atom stereocenters. The van der Waals surface area contributed by atoms with E-state index in [-0.39, 0.29) is 18.1 Å². The van der Waals surface area contributed by atoms with Crippen LogP contribution in [0.3, 0.4) is 0 Å². The average Bonchev–Trinajstić information content (AvgIpc) is 3.24. The Kier molecular flexibility index (Phi) is 4.93. The van der Waals surface area contributed by atoms with E-state index in [4.69, 9.17) is 4.74 Å². The Morgan fingerprint density at radius 3 is 2.87 bits per heavy atom. The molecule has 1 fully saturated rings. The zero-order valence-electron chi connectivity index (χ0n) is 13.2. The van der Waals surface area contributed by atoms with Crippen LogP contribution in [-0.2, 0) is 11.2 Å². The fourth-order valence-corrected chi connectivity index (χ4v) is 3.18. The molecule has 23 heavy (non-hydrogen) atoms. The summed E-state index contributed by atoms with van der Waals surface area (Å²) in [6.07, 6.45) is 7.01. The van der Waals surface area contributed by atoms with Crippen molar-refractivity contribution in [3.8, 4) is 0 Å². The fourth-order valence-electron chi connectivity index (χ4n) is 3.18. The molecule has 0 unspecified atom stereocenters. The maximum Gasteiger partial charge on any atom is 0.255 e. The monoisotopic (exact) mass is 310 g/mol. The van der Waals surface area contributed by atoms with Gasteiger partial charge in [0, 0.05) is 18.9 Å². The molecule has 0 spiro atoms. The molecule has 1 aliphatic rings. The molecule has 2 aromatic rings. The van der Waals surface area contributed by atoms with Crippen molar-refractivity contribution < 1.29 is 9.53 Å². The summed E-state index contributed by atoms with van der Waals surface area (Å²) in [4.78, 5) is 17.7. The van der Waals surface area contributed by atoms with Crippen LogP contribution in [0.4, 0.5) is 0 Å². The van der Waals surface area contributed by atoms with Crippen molar-refractivity contribution in [3.63, 3.8) is 0 Å². The molecule has 3 rings (SSSR count). The summed E-state index contributed by atoms with van der Waals surface area (Å²) in [5, 5.41) is 0. The number of hydrogen-bond donors (Lipinski definition) is 1. The van der Waals surface area contributed by atoms with Crippen LogP contribution in [0.2, 0.25) is 0 Å². The van der Waals surface area contributed by atoms with Crippen molar-refractivity contribution in [3.05, 3.63) is 72.6 Å². The molecule has 1 aromatic carbocycles. The highest BCUT2D eigenvalue weighted by Gasteiger charge is 2.37. The largest absolute Gasteiger partial charge is 0.372 e. The third-order valence-electron chi connectivity index (χ3n) is 4.31. The quantitative estimate of drug-likeness (QED) is 0.834. The molecular formula is C19H22N2O2. The first kappa shape index (κ1) is 15.6. The minimum atomic E-state index is 0.0519. The Labute approximate surface area is 136 Å². The van der Waals surface area contributed by atoms with Crippen LogP contribution in [-0.4, -0.2) is 41.1 Å². The van der Waals surface area contributed by atoms with E-state index in [9.17, 15) is 4.79 Å². The molecule has 2 heterocycles. The van der Waals surface area contributed by atoms with Gasteiger partial charge in [-0.3, -0.25) is 4.79 Å². The molecule has 120 valence electrons. The molecule has 0 bridgehead atoms. The van der Waals surface area contributed by atoms with Crippen molar-refractivity contribution in [1.82, 2.24) is 9.88 Å². The lowest BCUT2D eigenvalue weighted by molar-refractivity contribution is 0.0380. The molecular weight excluding hydrogens is 288 g/mol. The zero-order valence-corrected chi connectivity index (χ0v) is 13.2. The molecule has 0 saturated carbocycles. The lowest BCUT2D eigenvalue weighted by Crippen LogP contribution is -2.41. The number of nitrogens with zero attached hydrogens (tertiary/aromatic N) is 1. The van der Waals surface area contributed by atoms with Crippen molar-refractivity contribution in [2.75, 3.05) is 13.2 Å². The Morgan fingerprint density at radius 1 is 1.35 bits per heavy atom. The van der Waals surface area contributed by atoms with Crippen molar-refractivity contribution in [1.29, 1.82) is 0 Å². The van der Waals surface area contributed by atoms with E-state index in [0.717, 1.165) is 19.4 Å². The van der Waals surface area contributed by atoms with Crippen molar-refractivity contribution in [2.45, 2.75) is 25.0 Å². The summed E-state index contributed by atoms with van der Waals surface area (Å²) in [7, 11) is 0. The van der Waals surface area contributed by atoms with Gasteiger partial charge in [-0.1, -0.05) is 36.4 Å². The molecule has 4 heteroatoms. The molecule has 1 aromatic heterocycles. The normalized spacial score (nSPS) is 20.6. The van der Waals surface area contributed by atoms with Gasteiger partial charge in [0.25, 0.3) is 5.91 Å². The number of amides is 1. The van der Waals surface area contributed by atoms with Gasteiger partial charge in [0.05, 0.1) is 24.3 Å². The summed E-state index contributed by atoms with van der Waals surface area (Å²) >= 11 is 0. The van der Waals surface area contributed by atoms with Gasteiger partial charge >= 0.3 is 0 Å². The number of carbonyl (C=O) groups is 1. The van der Waals surface area contributed by atoms with E-state index in [1.54, 1.807) is 18.5 Å². The minimum absolute atomic E-state index is 0.0519. The highest BCUT2D eigenvalue weighted by Crippen LogP contribution is 2.26. The van der Waals surface area contributed by atoms with Gasteiger partial charge in [-0.15, -0.1) is 6.58 Å². The highest BCUT2D eigenvalue weighted by atomic mass is 16.5. The van der Waals surface area contributed by atoms with Gasteiger partial charge in [0.15, 0.2) is 0 Å². The van der Waals surface area contributed by atoms with Gasteiger partial charge in [-0.25, -0.2) is 0 Å². The highest BCUT2D eigenvalue weighted by molar-refractivity contribution is 5.94. The van der Waals surface area contributed by atoms with E-state index in [1.165, 1.54) is 5.56 Å². The Balaban J connectivity index is 1.79. The van der Waals surface area contributed by atoms with Crippen LogP contribution in [0.1, 0.15) is 22.3 Å². The first-order chi connectivity index (χ1) is 11.3. The number of hydrogen-bond acceptors (Lipinski definition) is 2. The predicted molar refractivity (Wildman–Crippen MR) is 90.3 cm³/mol. The SMILES string of the molecule is C=CCO[C@@H]1CCN(C(=O)c2cc[nH]c2)[C@H]1Cc1ccccc1. The fraction of sp³-hybridized carbons (Fsp3) is 0.316. The van der Waals surface area contributed by atoms with Crippen LogP contribution in [0.5, 0.6) is 0 Å². The summed E-state index contributed by atoms with van der Waals surface area (Å²) in [6, 6.07) is 12.1. The molecule has 0 radical (unpaired) electrons. The van der Waals surface area contributed by atoms with Crippen LogP contribution in [0.25, 0.3) is 0 Å². The lowest BCUT2D eigenvalue weighted by Gasteiger charge is -2.28. The summed E-state index contributed by atoms with van der Waals surface area (Å²) < 4.78 is 5.91. The molecule has 1 saturated heterocycles. The van der Waals surface area contributed by atoms with Gasteiger partial charge in [0.2, 0.25) is 0 Å². The summed E-state index contributed by atoms with van der Waals surface area (Å²) in [5.74, 6) is 0.0666. The van der Waals surface area contributed by atoms with Crippen molar-refractivity contribution >= 4 is 5.91 Å². The number of rotatable bonds is 6. The number of carbonyl (C=O) groups excluding carboxylic acids is 1. The first-order valence-corrected chi connectivity index (χ1v) is 8.00. The topological polar surface area (TPSA) is 45.3 Å². The van der Waals surface area contributed by atoms with E-state index < -0.39 is 0 Å². The van der Waals surface area contributed by atoms with Crippen molar-refractivity contribution in [2.24, 2.45) is 0 Å². The molecule has 4 nitrogen and oxygen atoms in total. The van der Waals surface area contributed by atoms with Crippen LogP contribution >= 0.6 is 0 Å². The lowest BCUT2D eigenvalue weighted by atomic mass is 10.0. The minimum Gasteiger partial charge on any atom is -0.372 e. The standard InChI is InChI=1S/C19H22N2O2/c1-2-12-23-18-9-11-21(19(22)16-8-10-20-14-16)17(18)13-15-6-4-3-5-7-15/h2-8,10,14,17-18,20H,1,9,11-13H2/t17-,18+/m0/s1. The van der Waals surface area contributed by atoms with E-state index in [1.807, 2.05) is 29.2 Å². The zero-order chi connectivity index (χ0) is 16.1. The molecule has 1 amide bonds. The van der Waals surface area contributed by atoms with E-state index in [0.29, 0.717) is 12.2 Å². The van der Waals surface area contributed by atoms with E-state index >= 15 is 0 Å². The number of nitrogens with one attached hydrogen (secondary N) is 1. The Hall–Kier alpha value is -2.33. The molecule has 1 aliphatic heterocycles. The maximum atomic E-state index is 12.8. The third-order valence-corrected chi connectivity index (χ3v) is 4.31. The number of H-pyrrole nitrogens is 1. The molecule has 0 aliphatic carbocycles.